The molecule has 8 N–H and O–H groups in total. The Hall–Kier alpha value is -2.91. The molecule has 0 saturated carbocycles. The molecule has 0 aromatic carbocycles. The highest BCUT2D eigenvalue weighted by atomic mass is 16.5. The van der Waals surface area contributed by atoms with Gasteiger partial charge in [-0.3, -0.25) is 9.59 Å². The minimum atomic E-state index is -1.59. The number of rotatable bonds is 23. The topological polar surface area (TPSA) is 215 Å². The van der Waals surface area contributed by atoms with Gasteiger partial charge in [0.25, 0.3) is 0 Å². The lowest BCUT2D eigenvalue weighted by atomic mass is 9.92. The standard InChI is InChI=1S/C32H55N7O7/c1-2-3-4-5-6-7-8-9-10-11-12-13-14-15-16-17-23(42)33-18-24(43)38-25-27(44)28(45)32(46-29(25)22(41)19-40)39-31-26-30(35-20-34-26)36-21-37-31/h20-22,25,27-29,32,40-41,44-45H,2-19H2,1H3,(H,33,42)(H,38,43)(H2,34,35,36,37,39)/t22-,25+,27+,28+,29-,32-/m0/s1. The molecule has 14 nitrogen and oxygen atoms in total. The second-order valence-electron chi connectivity index (χ2n) is 12.3. The number of anilines is 1. The van der Waals surface area contributed by atoms with Gasteiger partial charge in [-0.05, 0) is 6.42 Å². The van der Waals surface area contributed by atoms with Crippen molar-refractivity contribution in [1.29, 1.82) is 0 Å². The van der Waals surface area contributed by atoms with Crippen LogP contribution in [0.5, 0.6) is 0 Å². The maximum Gasteiger partial charge on any atom is 0.239 e. The normalized spacial score (nSPS) is 22.1. The van der Waals surface area contributed by atoms with E-state index in [0.717, 1.165) is 19.3 Å². The predicted molar refractivity (Wildman–Crippen MR) is 174 cm³/mol. The number of aromatic amines is 1. The van der Waals surface area contributed by atoms with Crippen LogP contribution in [0.15, 0.2) is 12.7 Å². The summed E-state index contributed by atoms with van der Waals surface area (Å²) in [6, 6.07) is -1.27. The number of nitrogens with one attached hydrogen (secondary N) is 4. The number of aliphatic hydroxyl groups is 4. The summed E-state index contributed by atoms with van der Waals surface area (Å²) in [5.41, 5.74) is 0.796. The van der Waals surface area contributed by atoms with Gasteiger partial charge < -0.3 is 46.1 Å². The number of H-pyrrole nitrogens is 1. The summed E-state index contributed by atoms with van der Waals surface area (Å²) in [5, 5.41) is 49.6. The average molecular weight is 650 g/mol. The van der Waals surface area contributed by atoms with Crippen LogP contribution in [0.1, 0.15) is 110 Å². The molecule has 46 heavy (non-hydrogen) atoms. The zero-order valence-corrected chi connectivity index (χ0v) is 27.2. The number of carbonyl (C=O) groups excluding carboxylic acids is 2. The number of nitrogens with zero attached hydrogens (tertiary/aromatic N) is 3. The first-order valence-electron chi connectivity index (χ1n) is 17.1. The highest BCUT2D eigenvalue weighted by Gasteiger charge is 2.48. The van der Waals surface area contributed by atoms with Gasteiger partial charge in [0, 0.05) is 6.42 Å². The Kier molecular flexibility index (Phi) is 17.2. The SMILES string of the molecule is CCCCCCCCCCCCCCCCCC(=O)NCC(=O)N[C@@H]1[C@@H](O)[C@@H](O)[C@@H](Nc2ncnc3nc[nH]c23)O[C@H]1[C@@H](O)CO. The van der Waals surface area contributed by atoms with Crippen LogP contribution in [-0.4, -0.2) is 102 Å². The van der Waals surface area contributed by atoms with Gasteiger partial charge in [-0.2, -0.15) is 0 Å². The molecule has 260 valence electrons. The lowest BCUT2D eigenvalue weighted by molar-refractivity contribution is -0.204. The van der Waals surface area contributed by atoms with Crippen molar-refractivity contribution in [1.82, 2.24) is 30.6 Å². The fourth-order valence-electron chi connectivity index (χ4n) is 5.81. The molecular weight excluding hydrogens is 594 g/mol. The van der Waals surface area contributed by atoms with Gasteiger partial charge in [-0.25, -0.2) is 15.0 Å². The van der Waals surface area contributed by atoms with Crippen molar-refractivity contribution >= 4 is 28.8 Å². The second kappa shape index (κ2) is 21.1. The summed E-state index contributed by atoms with van der Waals surface area (Å²) >= 11 is 0. The Morgan fingerprint density at radius 1 is 0.870 bits per heavy atom. The van der Waals surface area contributed by atoms with Gasteiger partial charge in [0.05, 0.1) is 25.5 Å². The number of amides is 2. The highest BCUT2D eigenvalue weighted by molar-refractivity contribution is 5.85. The third kappa shape index (κ3) is 12.4. The largest absolute Gasteiger partial charge is 0.394 e. The number of carbonyl (C=O) groups is 2. The molecule has 1 aliphatic heterocycles. The van der Waals surface area contributed by atoms with E-state index in [9.17, 15) is 30.0 Å². The maximum atomic E-state index is 12.7. The molecule has 0 aliphatic carbocycles. The van der Waals surface area contributed by atoms with Crippen LogP contribution in [0.2, 0.25) is 0 Å². The van der Waals surface area contributed by atoms with E-state index >= 15 is 0 Å². The van der Waals surface area contributed by atoms with Crippen molar-refractivity contribution in [2.45, 2.75) is 146 Å². The lowest BCUT2D eigenvalue weighted by Crippen LogP contribution is -2.68. The average Bonchev–Trinajstić information content (AvgIpc) is 3.55. The summed E-state index contributed by atoms with van der Waals surface area (Å²) in [6.45, 7) is 1.18. The number of hydrogen-bond donors (Lipinski definition) is 8. The van der Waals surface area contributed by atoms with E-state index in [-0.39, 0.29) is 18.3 Å². The van der Waals surface area contributed by atoms with Gasteiger partial charge in [0.15, 0.2) is 17.7 Å². The van der Waals surface area contributed by atoms with Crippen molar-refractivity contribution in [3.8, 4) is 0 Å². The lowest BCUT2D eigenvalue weighted by Gasteiger charge is -2.44. The molecule has 6 atom stereocenters. The third-order valence-corrected chi connectivity index (χ3v) is 8.54. The molecule has 2 amide bonds. The van der Waals surface area contributed by atoms with Crippen molar-refractivity contribution in [2.75, 3.05) is 18.5 Å². The number of fused-ring (bicyclic) bond motifs is 1. The Balaban J connectivity index is 1.30. The molecule has 3 heterocycles. The number of hydrogen-bond acceptors (Lipinski definition) is 11. The summed E-state index contributed by atoms with van der Waals surface area (Å²) in [6.07, 6.45) is 14.4. The van der Waals surface area contributed by atoms with Crippen molar-refractivity contribution in [2.24, 2.45) is 0 Å². The molecule has 1 aliphatic rings. The fraction of sp³-hybridized carbons (Fsp3) is 0.781. The molecule has 0 spiro atoms. The Morgan fingerprint density at radius 2 is 1.48 bits per heavy atom. The maximum absolute atomic E-state index is 12.7. The minimum absolute atomic E-state index is 0.232. The Bertz CT molecular complexity index is 1150. The minimum Gasteiger partial charge on any atom is -0.394 e. The molecule has 2 aromatic heterocycles. The number of imidazole rings is 1. The molecule has 1 fully saturated rings. The molecule has 14 heteroatoms. The zero-order valence-electron chi connectivity index (χ0n) is 27.2. The third-order valence-electron chi connectivity index (χ3n) is 8.54. The van der Waals surface area contributed by atoms with E-state index in [1.54, 1.807) is 0 Å². The van der Waals surface area contributed by atoms with Crippen LogP contribution in [0.4, 0.5) is 5.82 Å². The second-order valence-corrected chi connectivity index (χ2v) is 12.3. The van der Waals surface area contributed by atoms with Crippen LogP contribution < -0.4 is 16.0 Å². The van der Waals surface area contributed by atoms with Gasteiger partial charge >= 0.3 is 0 Å². The Morgan fingerprint density at radius 3 is 2.09 bits per heavy atom. The van der Waals surface area contributed by atoms with E-state index < -0.39 is 49.2 Å². The summed E-state index contributed by atoms with van der Waals surface area (Å²) in [5.74, 6) is -0.659. The smallest absolute Gasteiger partial charge is 0.239 e. The van der Waals surface area contributed by atoms with Crippen LogP contribution in [0, 0.1) is 0 Å². The molecule has 0 unspecified atom stereocenters. The molecule has 0 bridgehead atoms. The van der Waals surface area contributed by atoms with Crippen molar-refractivity contribution < 1.29 is 34.8 Å². The number of unbranched alkanes of at least 4 members (excludes halogenated alkanes) is 14. The Labute approximate surface area is 271 Å². The quantitative estimate of drug-likeness (QED) is 0.0818. The first-order valence-corrected chi connectivity index (χ1v) is 17.1. The van der Waals surface area contributed by atoms with Gasteiger partial charge in [-0.1, -0.05) is 96.8 Å². The molecule has 2 aromatic rings. The fourth-order valence-corrected chi connectivity index (χ4v) is 5.81. The zero-order chi connectivity index (χ0) is 33.1. The summed E-state index contributed by atoms with van der Waals surface area (Å²) < 4.78 is 5.80. The van der Waals surface area contributed by atoms with E-state index in [1.165, 1.54) is 89.7 Å². The monoisotopic (exact) mass is 649 g/mol. The molecular formula is C32H55N7O7. The van der Waals surface area contributed by atoms with E-state index in [4.69, 9.17) is 4.74 Å². The highest BCUT2D eigenvalue weighted by Crippen LogP contribution is 2.26. The first kappa shape index (κ1) is 37.5. The van der Waals surface area contributed by atoms with Gasteiger partial charge in [-0.15, -0.1) is 0 Å². The van der Waals surface area contributed by atoms with E-state index in [1.807, 2.05) is 0 Å². The van der Waals surface area contributed by atoms with Gasteiger partial charge in [0.1, 0.15) is 36.3 Å². The first-order chi connectivity index (χ1) is 22.3. The van der Waals surface area contributed by atoms with Crippen LogP contribution >= 0.6 is 0 Å². The van der Waals surface area contributed by atoms with Gasteiger partial charge in [0.2, 0.25) is 11.8 Å². The summed E-state index contributed by atoms with van der Waals surface area (Å²) in [4.78, 5) is 40.0. The predicted octanol–water partition coefficient (Wildman–Crippen LogP) is 2.43. The number of aliphatic hydroxyl groups excluding tert-OH is 4. The molecule has 1 saturated heterocycles. The van der Waals surface area contributed by atoms with Crippen LogP contribution in [0.25, 0.3) is 11.2 Å². The molecule has 0 radical (unpaired) electrons. The molecule has 3 rings (SSSR count). The number of ether oxygens (including phenoxy) is 1. The van der Waals surface area contributed by atoms with Crippen molar-refractivity contribution in [3.63, 3.8) is 0 Å². The van der Waals surface area contributed by atoms with E-state index in [2.05, 4.69) is 42.8 Å². The van der Waals surface area contributed by atoms with Crippen LogP contribution in [0.3, 0.4) is 0 Å². The number of aromatic nitrogens is 4. The van der Waals surface area contributed by atoms with Crippen molar-refractivity contribution in [3.05, 3.63) is 12.7 Å². The van der Waals surface area contributed by atoms with Crippen LogP contribution in [-0.2, 0) is 14.3 Å². The summed E-state index contributed by atoms with van der Waals surface area (Å²) in [7, 11) is 0. The van der Waals surface area contributed by atoms with E-state index in [0.29, 0.717) is 17.6 Å².